The van der Waals surface area contributed by atoms with E-state index in [9.17, 15) is 5.11 Å². The molecule has 1 heterocycles. The van der Waals surface area contributed by atoms with Gasteiger partial charge in [-0.1, -0.05) is 24.3 Å². The summed E-state index contributed by atoms with van der Waals surface area (Å²) in [4.78, 5) is 0. The monoisotopic (exact) mass is 217 g/mol. The van der Waals surface area contributed by atoms with Gasteiger partial charge < -0.3 is 10.4 Å². The molecule has 1 atom stereocenters. The van der Waals surface area contributed by atoms with E-state index in [2.05, 4.69) is 29.6 Å². The summed E-state index contributed by atoms with van der Waals surface area (Å²) in [5.74, 6) is 0.802. The Morgan fingerprint density at radius 1 is 1.38 bits per heavy atom. The highest BCUT2D eigenvalue weighted by Gasteiger charge is 2.31. The van der Waals surface area contributed by atoms with Gasteiger partial charge in [-0.3, -0.25) is 0 Å². The van der Waals surface area contributed by atoms with Crippen molar-refractivity contribution in [2.75, 3.05) is 13.1 Å². The topological polar surface area (TPSA) is 32.3 Å². The highest BCUT2D eigenvalue weighted by Crippen LogP contribution is 2.40. The van der Waals surface area contributed by atoms with Crippen molar-refractivity contribution < 1.29 is 5.11 Å². The van der Waals surface area contributed by atoms with Crippen LogP contribution in [0.15, 0.2) is 24.3 Å². The van der Waals surface area contributed by atoms with Gasteiger partial charge in [0.15, 0.2) is 0 Å². The first-order valence-corrected chi connectivity index (χ1v) is 6.27. The Hall–Kier alpha value is -0.860. The molecule has 0 spiro atoms. The number of hydrogen-bond donors (Lipinski definition) is 2. The zero-order chi connectivity index (χ0) is 11.0. The molecule has 0 aromatic heterocycles. The molecule has 86 valence electrons. The molecule has 1 aromatic rings. The van der Waals surface area contributed by atoms with Gasteiger partial charge in [-0.05, 0) is 42.9 Å². The lowest BCUT2D eigenvalue weighted by molar-refractivity contribution is 0.0619. The predicted molar refractivity (Wildman–Crippen MR) is 64.6 cm³/mol. The average molecular weight is 217 g/mol. The van der Waals surface area contributed by atoms with Crippen LogP contribution in [0.1, 0.15) is 36.3 Å². The first-order chi connectivity index (χ1) is 7.75. The van der Waals surface area contributed by atoms with Crippen LogP contribution in [-0.2, 0) is 6.42 Å². The number of nitrogens with one attached hydrogen (secondary N) is 1. The third-order valence-corrected chi connectivity index (χ3v) is 3.75. The second-order valence-corrected chi connectivity index (χ2v) is 5.35. The minimum Gasteiger partial charge on any atom is -0.388 e. The molecular weight excluding hydrogens is 198 g/mol. The first-order valence-electron chi connectivity index (χ1n) is 6.27. The Morgan fingerprint density at radius 2 is 2.25 bits per heavy atom. The van der Waals surface area contributed by atoms with E-state index in [4.69, 9.17) is 0 Å². The van der Waals surface area contributed by atoms with Gasteiger partial charge in [-0.25, -0.2) is 0 Å². The van der Waals surface area contributed by atoms with Crippen molar-refractivity contribution in [2.24, 2.45) is 0 Å². The minimum absolute atomic E-state index is 0.512. The third-order valence-electron chi connectivity index (χ3n) is 3.75. The van der Waals surface area contributed by atoms with Crippen LogP contribution < -0.4 is 5.32 Å². The van der Waals surface area contributed by atoms with Crippen molar-refractivity contribution in [3.05, 3.63) is 35.4 Å². The maximum atomic E-state index is 10.3. The molecule has 1 saturated heterocycles. The fourth-order valence-electron chi connectivity index (χ4n) is 2.64. The standard InChI is InChI=1S/C14H19NO/c16-14(6-7-15-10-14)9-11-2-1-3-13(8-11)12-4-5-12/h1-3,8,12,15-16H,4-7,9-10H2. The summed E-state index contributed by atoms with van der Waals surface area (Å²) in [5, 5.41) is 13.6. The predicted octanol–water partition coefficient (Wildman–Crippen LogP) is 1.83. The summed E-state index contributed by atoms with van der Waals surface area (Å²) in [6.45, 7) is 1.68. The van der Waals surface area contributed by atoms with E-state index in [1.165, 1.54) is 24.0 Å². The molecule has 0 amide bonds. The van der Waals surface area contributed by atoms with Crippen LogP contribution in [0.4, 0.5) is 0 Å². The summed E-state index contributed by atoms with van der Waals surface area (Å²) in [6, 6.07) is 8.78. The van der Waals surface area contributed by atoms with E-state index in [1.807, 2.05) is 0 Å². The summed E-state index contributed by atoms with van der Waals surface area (Å²) in [6.07, 6.45) is 4.35. The van der Waals surface area contributed by atoms with Gasteiger partial charge in [0.1, 0.15) is 0 Å². The molecule has 1 unspecified atom stereocenters. The van der Waals surface area contributed by atoms with Gasteiger partial charge in [0.2, 0.25) is 0 Å². The normalized spacial score (nSPS) is 29.6. The van der Waals surface area contributed by atoms with Crippen molar-refractivity contribution in [1.82, 2.24) is 5.32 Å². The van der Waals surface area contributed by atoms with Gasteiger partial charge in [-0.2, -0.15) is 0 Å². The molecule has 2 N–H and O–H groups in total. The summed E-state index contributed by atoms with van der Waals surface area (Å²) >= 11 is 0. The Labute approximate surface area is 96.7 Å². The van der Waals surface area contributed by atoms with E-state index in [1.54, 1.807) is 0 Å². The van der Waals surface area contributed by atoms with E-state index in [0.29, 0.717) is 0 Å². The third kappa shape index (κ3) is 2.13. The molecule has 1 aliphatic heterocycles. The van der Waals surface area contributed by atoms with Gasteiger partial charge >= 0.3 is 0 Å². The average Bonchev–Trinajstić information content (AvgIpc) is 3.03. The van der Waals surface area contributed by atoms with Crippen molar-refractivity contribution in [1.29, 1.82) is 0 Å². The maximum absolute atomic E-state index is 10.3. The van der Waals surface area contributed by atoms with E-state index in [0.717, 1.165) is 31.8 Å². The summed E-state index contributed by atoms with van der Waals surface area (Å²) in [7, 11) is 0. The molecule has 16 heavy (non-hydrogen) atoms. The fraction of sp³-hybridized carbons (Fsp3) is 0.571. The molecule has 2 fully saturated rings. The molecule has 3 rings (SSSR count). The number of hydrogen-bond acceptors (Lipinski definition) is 2. The van der Waals surface area contributed by atoms with Crippen molar-refractivity contribution >= 4 is 0 Å². The largest absolute Gasteiger partial charge is 0.388 e. The number of rotatable bonds is 3. The summed E-state index contributed by atoms with van der Waals surface area (Å²) in [5.41, 5.74) is 2.24. The molecule has 0 radical (unpaired) electrons. The molecular formula is C14H19NO. The van der Waals surface area contributed by atoms with Crippen molar-refractivity contribution in [3.8, 4) is 0 Å². The molecule has 0 bridgehead atoms. The van der Waals surface area contributed by atoms with Crippen LogP contribution in [0.2, 0.25) is 0 Å². The van der Waals surface area contributed by atoms with Crippen LogP contribution >= 0.6 is 0 Å². The number of β-amino-alcohol motifs (C(OH)–C–C–N with tert-alkyl or cyclic N) is 1. The SMILES string of the molecule is OC1(Cc2cccc(C3CC3)c2)CCNC1. The Bertz CT molecular complexity index is 378. The molecule has 1 saturated carbocycles. The highest BCUT2D eigenvalue weighted by atomic mass is 16.3. The van der Waals surface area contributed by atoms with Gasteiger partial charge in [-0.15, -0.1) is 0 Å². The van der Waals surface area contributed by atoms with E-state index in [-0.39, 0.29) is 0 Å². The van der Waals surface area contributed by atoms with Crippen LogP contribution in [0.3, 0.4) is 0 Å². The molecule has 1 aliphatic carbocycles. The van der Waals surface area contributed by atoms with Gasteiger partial charge in [0.05, 0.1) is 5.60 Å². The number of aliphatic hydroxyl groups is 1. The lowest BCUT2D eigenvalue weighted by Crippen LogP contribution is -2.33. The van der Waals surface area contributed by atoms with Crippen LogP contribution in [0.25, 0.3) is 0 Å². The first kappa shape index (κ1) is 10.3. The molecule has 2 aliphatic rings. The second-order valence-electron chi connectivity index (χ2n) is 5.35. The summed E-state index contributed by atoms with van der Waals surface area (Å²) < 4.78 is 0. The van der Waals surface area contributed by atoms with Crippen LogP contribution in [-0.4, -0.2) is 23.8 Å². The minimum atomic E-state index is -0.512. The smallest absolute Gasteiger partial charge is 0.0823 e. The second kappa shape index (κ2) is 3.86. The van der Waals surface area contributed by atoms with E-state index >= 15 is 0 Å². The van der Waals surface area contributed by atoms with Crippen molar-refractivity contribution in [3.63, 3.8) is 0 Å². The molecule has 1 aromatic carbocycles. The zero-order valence-electron chi connectivity index (χ0n) is 9.58. The maximum Gasteiger partial charge on any atom is 0.0823 e. The van der Waals surface area contributed by atoms with Crippen LogP contribution in [0.5, 0.6) is 0 Å². The molecule has 2 heteroatoms. The quantitative estimate of drug-likeness (QED) is 0.809. The fourth-order valence-corrected chi connectivity index (χ4v) is 2.64. The Kier molecular flexibility index (Phi) is 2.49. The lowest BCUT2D eigenvalue weighted by atomic mass is 9.92. The van der Waals surface area contributed by atoms with Gasteiger partial charge in [0, 0.05) is 13.0 Å². The van der Waals surface area contributed by atoms with E-state index < -0.39 is 5.60 Å². The Balaban J connectivity index is 1.75. The van der Waals surface area contributed by atoms with Crippen molar-refractivity contribution in [2.45, 2.75) is 37.2 Å². The Morgan fingerprint density at radius 3 is 2.94 bits per heavy atom. The molecule has 2 nitrogen and oxygen atoms in total. The zero-order valence-corrected chi connectivity index (χ0v) is 9.58. The van der Waals surface area contributed by atoms with Gasteiger partial charge in [0.25, 0.3) is 0 Å². The highest BCUT2D eigenvalue weighted by molar-refractivity contribution is 5.30. The van der Waals surface area contributed by atoms with Crippen LogP contribution in [0, 0.1) is 0 Å². The lowest BCUT2D eigenvalue weighted by Gasteiger charge is -2.21. The number of benzene rings is 1.